The van der Waals surface area contributed by atoms with Crippen molar-refractivity contribution >= 4 is 17.3 Å². The minimum atomic E-state index is 0.849. The summed E-state index contributed by atoms with van der Waals surface area (Å²) in [6, 6.07) is 8.31. The number of nitrogens with one attached hydrogen (secondary N) is 2. The summed E-state index contributed by atoms with van der Waals surface area (Å²) < 4.78 is 5.18. The maximum atomic E-state index is 5.18. The highest BCUT2D eigenvalue weighted by Crippen LogP contribution is 2.14. The number of benzene rings is 1. The molecule has 0 atom stereocenters. The smallest absolute Gasteiger partial charge is 0.190 e. The van der Waals surface area contributed by atoms with Crippen LogP contribution < -0.4 is 15.4 Å². The Kier molecular flexibility index (Phi) is 8.96. The van der Waals surface area contributed by atoms with Crippen molar-refractivity contribution in [3.8, 4) is 5.75 Å². The number of aryl methyl sites for hydroxylation is 2. The molecule has 6 heteroatoms. The molecule has 0 radical (unpaired) electrons. The summed E-state index contributed by atoms with van der Waals surface area (Å²) in [5.74, 6) is 1.77. The molecule has 0 aliphatic rings. The highest BCUT2D eigenvalue weighted by molar-refractivity contribution is 7.11. The van der Waals surface area contributed by atoms with Crippen LogP contribution in [-0.2, 0) is 19.3 Å². The minimum absolute atomic E-state index is 0.849. The van der Waals surface area contributed by atoms with E-state index in [0.717, 1.165) is 56.9 Å². The average Bonchev–Trinajstić information content (AvgIpc) is 3.14. The summed E-state index contributed by atoms with van der Waals surface area (Å²) in [7, 11) is 3.51. The van der Waals surface area contributed by atoms with E-state index in [2.05, 4.69) is 39.7 Å². The minimum Gasteiger partial charge on any atom is -0.497 e. The van der Waals surface area contributed by atoms with Crippen LogP contribution in [0.25, 0.3) is 0 Å². The van der Waals surface area contributed by atoms with Crippen LogP contribution in [0.3, 0.4) is 0 Å². The van der Waals surface area contributed by atoms with Gasteiger partial charge in [0.15, 0.2) is 5.96 Å². The Morgan fingerprint density at radius 3 is 2.54 bits per heavy atom. The van der Waals surface area contributed by atoms with Crippen LogP contribution in [0.5, 0.6) is 5.75 Å². The quantitative estimate of drug-likeness (QED) is 0.380. The Morgan fingerprint density at radius 2 is 1.88 bits per heavy atom. The lowest BCUT2D eigenvalue weighted by Gasteiger charge is -2.11. The first-order valence-corrected chi connectivity index (χ1v) is 10.1. The van der Waals surface area contributed by atoms with Gasteiger partial charge in [-0.25, -0.2) is 4.98 Å². The van der Waals surface area contributed by atoms with Crippen molar-refractivity contribution < 1.29 is 4.74 Å². The van der Waals surface area contributed by atoms with E-state index in [1.165, 1.54) is 15.4 Å². The van der Waals surface area contributed by atoms with E-state index in [0.29, 0.717) is 0 Å². The topological polar surface area (TPSA) is 58.5 Å². The third-order valence-electron chi connectivity index (χ3n) is 4.15. The Hall–Kier alpha value is -2.08. The van der Waals surface area contributed by atoms with Gasteiger partial charge in [0, 0.05) is 37.6 Å². The van der Waals surface area contributed by atoms with Crippen molar-refractivity contribution in [2.75, 3.05) is 27.2 Å². The Labute approximate surface area is 160 Å². The summed E-state index contributed by atoms with van der Waals surface area (Å²) in [6.45, 7) is 3.94. The molecular weight excluding hydrogens is 344 g/mol. The molecule has 0 spiro atoms. The van der Waals surface area contributed by atoms with Crippen LogP contribution >= 0.6 is 11.3 Å². The average molecular weight is 375 g/mol. The molecular formula is C20H30N4OS. The number of nitrogens with zero attached hydrogens (tertiary/aromatic N) is 2. The van der Waals surface area contributed by atoms with Crippen molar-refractivity contribution in [1.29, 1.82) is 0 Å². The molecule has 0 amide bonds. The van der Waals surface area contributed by atoms with Gasteiger partial charge in [0.05, 0.1) is 12.1 Å². The molecule has 5 nitrogen and oxygen atoms in total. The van der Waals surface area contributed by atoms with Crippen molar-refractivity contribution in [3.05, 3.63) is 45.9 Å². The highest BCUT2D eigenvalue weighted by atomic mass is 32.1. The first kappa shape index (κ1) is 20.2. The number of thiazole rings is 1. The van der Waals surface area contributed by atoms with E-state index >= 15 is 0 Å². The van der Waals surface area contributed by atoms with Gasteiger partial charge in [0.25, 0.3) is 0 Å². The third kappa shape index (κ3) is 7.04. The van der Waals surface area contributed by atoms with Gasteiger partial charge in [-0.15, -0.1) is 11.3 Å². The Morgan fingerprint density at radius 1 is 1.12 bits per heavy atom. The van der Waals surface area contributed by atoms with Crippen LogP contribution in [-0.4, -0.2) is 38.2 Å². The predicted molar refractivity (Wildman–Crippen MR) is 110 cm³/mol. The predicted octanol–water partition coefficient (Wildman–Crippen LogP) is 3.44. The van der Waals surface area contributed by atoms with E-state index < -0.39 is 0 Å². The van der Waals surface area contributed by atoms with Gasteiger partial charge in [0.2, 0.25) is 0 Å². The van der Waals surface area contributed by atoms with Gasteiger partial charge in [-0.2, -0.15) is 0 Å². The normalized spacial score (nSPS) is 11.4. The molecule has 142 valence electrons. The molecule has 2 aromatic rings. The van der Waals surface area contributed by atoms with Gasteiger partial charge in [-0.1, -0.05) is 19.1 Å². The van der Waals surface area contributed by atoms with Crippen molar-refractivity contribution in [1.82, 2.24) is 15.6 Å². The molecule has 0 saturated heterocycles. The van der Waals surface area contributed by atoms with Crippen LogP contribution in [0, 0.1) is 0 Å². The monoisotopic (exact) mass is 374 g/mol. The van der Waals surface area contributed by atoms with Gasteiger partial charge in [0.1, 0.15) is 5.75 Å². The number of rotatable bonds is 10. The lowest BCUT2D eigenvalue weighted by atomic mass is 10.1. The van der Waals surface area contributed by atoms with Crippen molar-refractivity contribution in [2.24, 2.45) is 4.99 Å². The zero-order valence-corrected chi connectivity index (χ0v) is 16.9. The number of aromatic nitrogens is 1. The lowest BCUT2D eigenvalue weighted by molar-refractivity contribution is 0.414. The molecule has 0 aliphatic carbocycles. The summed E-state index contributed by atoms with van der Waals surface area (Å²) in [4.78, 5) is 10.1. The fourth-order valence-corrected chi connectivity index (χ4v) is 3.45. The van der Waals surface area contributed by atoms with Gasteiger partial charge >= 0.3 is 0 Å². The van der Waals surface area contributed by atoms with Gasteiger partial charge in [-0.3, -0.25) is 4.99 Å². The second-order valence-corrected chi connectivity index (χ2v) is 7.25. The van der Waals surface area contributed by atoms with E-state index in [4.69, 9.17) is 4.74 Å². The Bertz CT molecular complexity index is 667. The number of hydrogen-bond donors (Lipinski definition) is 2. The van der Waals surface area contributed by atoms with E-state index in [-0.39, 0.29) is 0 Å². The maximum Gasteiger partial charge on any atom is 0.190 e. The number of hydrogen-bond acceptors (Lipinski definition) is 4. The van der Waals surface area contributed by atoms with Gasteiger partial charge in [-0.05, 0) is 43.4 Å². The molecule has 1 aromatic heterocycles. The lowest BCUT2D eigenvalue weighted by Crippen LogP contribution is -2.38. The largest absolute Gasteiger partial charge is 0.497 e. The second-order valence-electron chi connectivity index (χ2n) is 6.05. The molecule has 2 rings (SSSR count). The van der Waals surface area contributed by atoms with Crippen LogP contribution in [0.1, 0.15) is 35.2 Å². The molecule has 1 aromatic carbocycles. The summed E-state index contributed by atoms with van der Waals surface area (Å²) in [6.07, 6.45) is 7.32. The summed E-state index contributed by atoms with van der Waals surface area (Å²) in [5.41, 5.74) is 1.35. The third-order valence-corrected chi connectivity index (χ3v) is 5.35. The molecule has 2 N–H and O–H groups in total. The Balaban J connectivity index is 1.57. The second kappa shape index (κ2) is 11.5. The first-order chi connectivity index (χ1) is 12.7. The molecule has 0 saturated carbocycles. The highest BCUT2D eigenvalue weighted by Gasteiger charge is 2.02. The van der Waals surface area contributed by atoms with Crippen LogP contribution in [0.4, 0.5) is 0 Å². The van der Waals surface area contributed by atoms with E-state index in [9.17, 15) is 0 Å². The number of aliphatic imine (C=N–C) groups is 1. The van der Waals surface area contributed by atoms with Gasteiger partial charge < -0.3 is 15.4 Å². The number of ether oxygens (including phenoxy) is 1. The zero-order valence-electron chi connectivity index (χ0n) is 16.0. The SMILES string of the molecule is CCc1cnc(CCNC(=NC)NCCCCc2ccc(OC)cc2)s1. The fourth-order valence-electron chi connectivity index (χ4n) is 2.59. The molecule has 1 heterocycles. The van der Waals surface area contributed by atoms with E-state index in [1.807, 2.05) is 25.4 Å². The molecule has 0 bridgehead atoms. The molecule has 0 fully saturated rings. The van der Waals surface area contributed by atoms with E-state index in [1.54, 1.807) is 18.4 Å². The summed E-state index contributed by atoms with van der Waals surface area (Å²) in [5, 5.41) is 7.92. The fraction of sp³-hybridized carbons (Fsp3) is 0.500. The standard InChI is InChI=1S/C20H30N4OS/c1-4-18-15-24-19(26-18)12-14-23-20(21-2)22-13-6-5-7-16-8-10-17(25-3)11-9-16/h8-11,15H,4-7,12-14H2,1-3H3,(H2,21,22,23). The number of methoxy groups -OCH3 is 1. The number of guanidine groups is 1. The molecule has 0 aliphatic heterocycles. The maximum absolute atomic E-state index is 5.18. The van der Waals surface area contributed by atoms with Crippen molar-refractivity contribution in [2.45, 2.75) is 39.0 Å². The molecule has 0 unspecified atom stereocenters. The van der Waals surface area contributed by atoms with Crippen LogP contribution in [0.15, 0.2) is 35.5 Å². The molecule has 26 heavy (non-hydrogen) atoms. The van der Waals surface area contributed by atoms with Crippen LogP contribution in [0.2, 0.25) is 0 Å². The zero-order chi connectivity index (χ0) is 18.6. The van der Waals surface area contributed by atoms with Crippen molar-refractivity contribution in [3.63, 3.8) is 0 Å². The first-order valence-electron chi connectivity index (χ1n) is 9.26. The summed E-state index contributed by atoms with van der Waals surface area (Å²) >= 11 is 1.80. The number of unbranched alkanes of at least 4 members (excludes halogenated alkanes) is 1.